The second-order valence-electron chi connectivity index (χ2n) is 4.46. The van der Waals surface area contributed by atoms with Crippen LogP contribution in [0.15, 0.2) is 24.3 Å². The van der Waals surface area contributed by atoms with Gasteiger partial charge in [0.1, 0.15) is 6.10 Å². The first kappa shape index (κ1) is 12.6. The van der Waals surface area contributed by atoms with Gasteiger partial charge in [-0.25, -0.2) is 0 Å². The summed E-state index contributed by atoms with van der Waals surface area (Å²) in [6.45, 7) is 6.39. The van der Waals surface area contributed by atoms with E-state index in [2.05, 4.69) is 36.5 Å². The predicted octanol–water partition coefficient (Wildman–Crippen LogP) is 2.10. The van der Waals surface area contributed by atoms with Gasteiger partial charge in [0.05, 0.1) is 19.8 Å². The van der Waals surface area contributed by atoms with Crippen LogP contribution in [0.5, 0.6) is 0 Å². The molecule has 1 aromatic carbocycles. The summed E-state index contributed by atoms with van der Waals surface area (Å²) in [4.78, 5) is 0. The number of hydrogen-bond acceptors (Lipinski definition) is 3. The van der Waals surface area contributed by atoms with Crippen molar-refractivity contribution in [2.24, 2.45) is 0 Å². The Labute approximate surface area is 103 Å². The highest BCUT2D eigenvalue weighted by molar-refractivity contribution is 5.21. The molecule has 0 amide bonds. The molecule has 17 heavy (non-hydrogen) atoms. The van der Waals surface area contributed by atoms with Crippen LogP contribution in [-0.4, -0.2) is 25.9 Å². The number of nitrogens with one attached hydrogen (secondary N) is 1. The molecular weight excluding hydrogens is 214 g/mol. The lowest BCUT2D eigenvalue weighted by molar-refractivity contribution is -0.135. The molecule has 0 aromatic heterocycles. The Hall–Kier alpha value is -0.900. The van der Waals surface area contributed by atoms with Gasteiger partial charge in [0.15, 0.2) is 0 Å². The van der Waals surface area contributed by atoms with E-state index in [1.165, 1.54) is 17.5 Å². The van der Waals surface area contributed by atoms with Crippen molar-refractivity contribution in [3.05, 3.63) is 35.4 Å². The second-order valence-corrected chi connectivity index (χ2v) is 4.46. The van der Waals surface area contributed by atoms with Crippen molar-refractivity contribution in [2.45, 2.75) is 32.6 Å². The van der Waals surface area contributed by atoms with Crippen LogP contribution in [0.4, 0.5) is 0 Å². The molecule has 3 heteroatoms. The van der Waals surface area contributed by atoms with E-state index in [1.54, 1.807) is 0 Å². The van der Waals surface area contributed by atoms with Crippen molar-refractivity contribution in [1.29, 1.82) is 0 Å². The Kier molecular flexibility index (Phi) is 4.98. The fraction of sp³-hybridized carbons (Fsp3) is 0.571. The van der Waals surface area contributed by atoms with Gasteiger partial charge in [0.25, 0.3) is 0 Å². The molecule has 1 saturated heterocycles. The van der Waals surface area contributed by atoms with Gasteiger partial charge in [0, 0.05) is 6.54 Å². The molecule has 2 rings (SSSR count). The molecule has 94 valence electrons. The molecule has 0 bridgehead atoms. The molecule has 0 radical (unpaired) electrons. The molecule has 0 unspecified atom stereocenters. The molecular formula is C14H21NO2. The van der Waals surface area contributed by atoms with Gasteiger partial charge in [0.2, 0.25) is 0 Å². The van der Waals surface area contributed by atoms with Crippen LogP contribution in [-0.2, 0) is 22.6 Å². The van der Waals surface area contributed by atoms with E-state index < -0.39 is 0 Å². The molecule has 1 aliphatic rings. The van der Waals surface area contributed by atoms with Crippen molar-refractivity contribution in [2.75, 3.05) is 19.8 Å². The van der Waals surface area contributed by atoms with Crippen molar-refractivity contribution in [1.82, 2.24) is 5.32 Å². The number of benzene rings is 1. The van der Waals surface area contributed by atoms with E-state index in [1.807, 2.05) is 0 Å². The van der Waals surface area contributed by atoms with Crippen LogP contribution in [0.1, 0.15) is 24.5 Å². The predicted molar refractivity (Wildman–Crippen MR) is 67.8 cm³/mol. The Morgan fingerprint density at radius 1 is 1.24 bits per heavy atom. The molecule has 0 aliphatic carbocycles. The first-order valence-corrected chi connectivity index (χ1v) is 6.36. The van der Waals surface area contributed by atoms with Crippen LogP contribution in [0.3, 0.4) is 0 Å². The van der Waals surface area contributed by atoms with E-state index >= 15 is 0 Å². The molecule has 0 atom stereocenters. The van der Waals surface area contributed by atoms with Gasteiger partial charge in [-0.15, -0.1) is 0 Å². The molecule has 1 fully saturated rings. The first-order valence-electron chi connectivity index (χ1n) is 6.36. The van der Waals surface area contributed by atoms with E-state index in [4.69, 9.17) is 9.47 Å². The average molecular weight is 235 g/mol. The number of rotatable bonds is 7. The van der Waals surface area contributed by atoms with Gasteiger partial charge < -0.3 is 14.8 Å². The molecule has 1 aromatic rings. The third-order valence-electron chi connectivity index (χ3n) is 2.87. The lowest BCUT2D eigenvalue weighted by atomic mass is 10.1. The Morgan fingerprint density at radius 3 is 2.53 bits per heavy atom. The summed E-state index contributed by atoms with van der Waals surface area (Å²) in [6, 6.07) is 8.61. The fourth-order valence-corrected chi connectivity index (χ4v) is 1.69. The maximum Gasteiger partial charge on any atom is 0.105 e. The Bertz CT molecular complexity index is 319. The standard InChI is InChI=1S/C14H21NO2/c1-2-7-15-8-12-3-5-13(6-4-12)9-17-14-10-16-11-14/h3-6,14-15H,2,7-11H2,1H3. The van der Waals surface area contributed by atoms with Gasteiger partial charge in [-0.2, -0.15) is 0 Å². The van der Waals surface area contributed by atoms with Crippen LogP contribution in [0.2, 0.25) is 0 Å². The van der Waals surface area contributed by atoms with E-state index in [0.29, 0.717) is 12.7 Å². The zero-order chi connectivity index (χ0) is 11.9. The Morgan fingerprint density at radius 2 is 1.94 bits per heavy atom. The minimum Gasteiger partial charge on any atom is -0.376 e. The lowest BCUT2D eigenvalue weighted by Crippen LogP contribution is -2.35. The quantitative estimate of drug-likeness (QED) is 0.734. The maximum atomic E-state index is 5.66. The van der Waals surface area contributed by atoms with Crippen molar-refractivity contribution in [3.63, 3.8) is 0 Å². The topological polar surface area (TPSA) is 30.5 Å². The highest BCUT2D eigenvalue weighted by Crippen LogP contribution is 2.11. The zero-order valence-electron chi connectivity index (χ0n) is 10.4. The van der Waals surface area contributed by atoms with Crippen LogP contribution in [0, 0.1) is 0 Å². The SMILES string of the molecule is CCCNCc1ccc(COC2COC2)cc1. The minimum absolute atomic E-state index is 0.306. The molecule has 1 aliphatic heterocycles. The maximum absolute atomic E-state index is 5.66. The van der Waals surface area contributed by atoms with Crippen molar-refractivity contribution < 1.29 is 9.47 Å². The van der Waals surface area contributed by atoms with E-state index in [-0.39, 0.29) is 0 Å². The van der Waals surface area contributed by atoms with E-state index in [9.17, 15) is 0 Å². The molecule has 1 heterocycles. The smallest absolute Gasteiger partial charge is 0.105 e. The molecule has 1 N–H and O–H groups in total. The third-order valence-corrected chi connectivity index (χ3v) is 2.87. The summed E-state index contributed by atoms with van der Waals surface area (Å²) in [7, 11) is 0. The lowest BCUT2D eigenvalue weighted by Gasteiger charge is -2.25. The van der Waals surface area contributed by atoms with Crippen molar-refractivity contribution >= 4 is 0 Å². The second kappa shape index (κ2) is 6.74. The average Bonchev–Trinajstić information content (AvgIpc) is 2.29. The van der Waals surface area contributed by atoms with Gasteiger partial charge in [-0.3, -0.25) is 0 Å². The summed E-state index contributed by atoms with van der Waals surface area (Å²) in [5.74, 6) is 0. The summed E-state index contributed by atoms with van der Waals surface area (Å²) >= 11 is 0. The van der Waals surface area contributed by atoms with E-state index in [0.717, 1.165) is 26.3 Å². The minimum atomic E-state index is 0.306. The Balaban J connectivity index is 1.72. The summed E-state index contributed by atoms with van der Waals surface area (Å²) in [5.41, 5.74) is 2.56. The molecule has 3 nitrogen and oxygen atoms in total. The van der Waals surface area contributed by atoms with Gasteiger partial charge in [-0.05, 0) is 24.1 Å². The van der Waals surface area contributed by atoms with Gasteiger partial charge in [-0.1, -0.05) is 31.2 Å². The number of hydrogen-bond donors (Lipinski definition) is 1. The third kappa shape index (κ3) is 4.11. The summed E-state index contributed by atoms with van der Waals surface area (Å²) in [5, 5.41) is 3.39. The summed E-state index contributed by atoms with van der Waals surface area (Å²) < 4.78 is 10.7. The van der Waals surface area contributed by atoms with Gasteiger partial charge >= 0.3 is 0 Å². The number of ether oxygens (including phenoxy) is 2. The molecule has 0 spiro atoms. The first-order chi connectivity index (χ1) is 8.38. The zero-order valence-corrected chi connectivity index (χ0v) is 10.4. The largest absolute Gasteiger partial charge is 0.376 e. The van der Waals surface area contributed by atoms with Crippen LogP contribution >= 0.6 is 0 Å². The summed E-state index contributed by atoms with van der Waals surface area (Å²) in [6.07, 6.45) is 1.48. The van der Waals surface area contributed by atoms with Crippen molar-refractivity contribution in [3.8, 4) is 0 Å². The highest BCUT2D eigenvalue weighted by atomic mass is 16.6. The highest BCUT2D eigenvalue weighted by Gasteiger charge is 2.18. The molecule has 0 saturated carbocycles. The normalized spacial score (nSPS) is 15.8. The monoisotopic (exact) mass is 235 g/mol. The fourth-order valence-electron chi connectivity index (χ4n) is 1.69. The van der Waals surface area contributed by atoms with Crippen LogP contribution in [0.25, 0.3) is 0 Å². The van der Waals surface area contributed by atoms with Crippen LogP contribution < -0.4 is 5.32 Å².